The van der Waals surface area contributed by atoms with Crippen LogP contribution in [0.2, 0.25) is 18.1 Å². The molecule has 1 aliphatic rings. The van der Waals surface area contributed by atoms with E-state index in [1.54, 1.807) is 0 Å². The van der Waals surface area contributed by atoms with Crippen LogP contribution < -0.4 is 5.32 Å². The number of hydrogen-bond donors (Lipinski definition) is 1. The average molecular weight is 426 g/mol. The Morgan fingerprint density at radius 3 is 2.20 bits per heavy atom. The van der Waals surface area contributed by atoms with Gasteiger partial charge in [-0.3, -0.25) is 4.79 Å². The summed E-state index contributed by atoms with van der Waals surface area (Å²) in [6.07, 6.45) is 3.97. The van der Waals surface area contributed by atoms with Crippen molar-refractivity contribution in [2.75, 3.05) is 0 Å². The van der Waals surface area contributed by atoms with Gasteiger partial charge in [0.25, 0.3) is 5.91 Å². The molecule has 140 valence electrons. The summed E-state index contributed by atoms with van der Waals surface area (Å²) in [5, 5.41) is 3.41. The second kappa shape index (κ2) is 7.53. The van der Waals surface area contributed by atoms with Crippen molar-refractivity contribution in [2.24, 2.45) is 0 Å². The number of rotatable bonds is 4. The van der Waals surface area contributed by atoms with Gasteiger partial charge in [-0.15, -0.1) is 0 Å². The summed E-state index contributed by atoms with van der Waals surface area (Å²) >= 11 is 3.40. The fraction of sp³-hybridized carbons (Fsp3) is 0.650. The van der Waals surface area contributed by atoms with Crippen LogP contribution in [0.15, 0.2) is 28.7 Å². The van der Waals surface area contributed by atoms with E-state index in [0.29, 0.717) is 5.56 Å². The lowest BCUT2D eigenvalue weighted by atomic mass is 9.83. The molecule has 25 heavy (non-hydrogen) atoms. The van der Waals surface area contributed by atoms with Crippen molar-refractivity contribution in [3.05, 3.63) is 34.3 Å². The van der Waals surface area contributed by atoms with Gasteiger partial charge in [-0.1, -0.05) is 36.7 Å². The largest absolute Gasteiger partial charge is 0.412 e. The Bertz CT molecular complexity index is 599. The average Bonchev–Trinajstić information content (AvgIpc) is 2.48. The number of hydrogen-bond acceptors (Lipinski definition) is 2. The van der Waals surface area contributed by atoms with Crippen LogP contribution in [-0.4, -0.2) is 25.9 Å². The van der Waals surface area contributed by atoms with Crippen molar-refractivity contribution in [3.8, 4) is 0 Å². The molecule has 0 atom stereocenters. The SMILES string of the molecule is CC(C)(C)[Si](C)(C)O[C@]1(C)CC[C@H](NC(=O)c2ccc(Br)cc2)CC1. The molecule has 0 bridgehead atoms. The van der Waals surface area contributed by atoms with Crippen LogP contribution in [0.4, 0.5) is 0 Å². The van der Waals surface area contributed by atoms with E-state index in [9.17, 15) is 4.79 Å². The third-order valence-electron chi connectivity index (χ3n) is 5.79. The molecule has 0 unspecified atom stereocenters. The summed E-state index contributed by atoms with van der Waals surface area (Å²) in [5.74, 6) is 0.0198. The Morgan fingerprint density at radius 2 is 1.72 bits per heavy atom. The molecule has 3 nitrogen and oxygen atoms in total. The molecule has 0 spiro atoms. The van der Waals surface area contributed by atoms with Gasteiger partial charge in [0.1, 0.15) is 0 Å². The zero-order chi connectivity index (χ0) is 18.9. The van der Waals surface area contributed by atoms with Gasteiger partial charge in [0.2, 0.25) is 0 Å². The van der Waals surface area contributed by atoms with E-state index in [0.717, 1.165) is 30.2 Å². The Hall–Kier alpha value is -0.653. The number of amides is 1. The predicted octanol–water partition coefficient (Wildman–Crippen LogP) is 5.90. The number of benzene rings is 1. The third kappa shape index (κ3) is 5.41. The topological polar surface area (TPSA) is 38.3 Å². The van der Waals surface area contributed by atoms with Crippen LogP contribution in [0, 0.1) is 0 Å². The zero-order valence-corrected chi connectivity index (χ0v) is 19.0. The first kappa shape index (κ1) is 20.7. The maximum Gasteiger partial charge on any atom is 0.251 e. The molecule has 1 aromatic carbocycles. The van der Waals surface area contributed by atoms with Crippen molar-refractivity contribution < 1.29 is 9.22 Å². The van der Waals surface area contributed by atoms with E-state index in [-0.39, 0.29) is 22.6 Å². The van der Waals surface area contributed by atoms with Gasteiger partial charge in [-0.25, -0.2) is 0 Å². The molecule has 5 heteroatoms. The highest BCUT2D eigenvalue weighted by Crippen LogP contribution is 2.42. The fourth-order valence-electron chi connectivity index (χ4n) is 3.11. The molecule has 1 N–H and O–H groups in total. The summed E-state index contributed by atoms with van der Waals surface area (Å²) in [7, 11) is -1.77. The minimum atomic E-state index is -1.77. The summed E-state index contributed by atoms with van der Waals surface area (Å²) < 4.78 is 7.69. The molecule has 0 aromatic heterocycles. The van der Waals surface area contributed by atoms with Crippen molar-refractivity contribution in [3.63, 3.8) is 0 Å². The first-order valence-corrected chi connectivity index (χ1v) is 12.9. The van der Waals surface area contributed by atoms with Gasteiger partial charge in [0, 0.05) is 16.1 Å². The van der Waals surface area contributed by atoms with Crippen molar-refractivity contribution in [1.82, 2.24) is 5.32 Å². The summed E-state index contributed by atoms with van der Waals surface area (Å²) in [6.45, 7) is 13.7. The van der Waals surface area contributed by atoms with Gasteiger partial charge in [0.05, 0.1) is 5.60 Å². The predicted molar refractivity (Wildman–Crippen MR) is 111 cm³/mol. The fourth-order valence-corrected chi connectivity index (χ4v) is 5.12. The van der Waals surface area contributed by atoms with Crippen LogP contribution in [0.25, 0.3) is 0 Å². The summed E-state index contributed by atoms with van der Waals surface area (Å²) in [5.41, 5.74) is 0.663. The minimum Gasteiger partial charge on any atom is -0.412 e. The van der Waals surface area contributed by atoms with Gasteiger partial charge < -0.3 is 9.74 Å². The van der Waals surface area contributed by atoms with Crippen LogP contribution in [0.1, 0.15) is 63.7 Å². The third-order valence-corrected chi connectivity index (χ3v) is 10.9. The molecule has 1 aromatic rings. The van der Waals surface area contributed by atoms with Gasteiger partial charge in [-0.05, 0) is 75.0 Å². The van der Waals surface area contributed by atoms with Gasteiger partial charge in [0.15, 0.2) is 8.32 Å². The Kier molecular flexibility index (Phi) is 6.22. The van der Waals surface area contributed by atoms with Crippen molar-refractivity contribution >= 4 is 30.2 Å². The van der Waals surface area contributed by atoms with E-state index in [2.05, 4.69) is 62.0 Å². The molecule has 0 aliphatic heterocycles. The van der Waals surface area contributed by atoms with Crippen LogP contribution in [0.3, 0.4) is 0 Å². The van der Waals surface area contributed by atoms with Crippen molar-refractivity contribution in [2.45, 2.75) is 83.2 Å². The Morgan fingerprint density at radius 1 is 1.20 bits per heavy atom. The summed E-state index contributed by atoms with van der Waals surface area (Å²) in [6, 6.07) is 7.76. The van der Waals surface area contributed by atoms with Crippen LogP contribution >= 0.6 is 15.9 Å². The second-order valence-electron chi connectivity index (χ2n) is 9.07. The van der Waals surface area contributed by atoms with Gasteiger partial charge in [-0.2, -0.15) is 0 Å². The van der Waals surface area contributed by atoms with E-state index >= 15 is 0 Å². The first-order valence-electron chi connectivity index (χ1n) is 9.19. The Balaban J connectivity index is 1.90. The standard InChI is InChI=1S/C20H32BrNO2Si/c1-19(2,3)25(5,6)24-20(4)13-11-17(12-14-20)22-18(23)15-7-9-16(21)10-8-15/h7-10,17H,11-14H2,1-6H3,(H,22,23)/t17-,20+. The van der Waals surface area contributed by atoms with E-state index in [4.69, 9.17) is 4.43 Å². The number of nitrogens with one attached hydrogen (secondary N) is 1. The molecule has 0 heterocycles. The second-order valence-corrected chi connectivity index (χ2v) is 14.7. The smallest absolute Gasteiger partial charge is 0.251 e. The molecule has 1 amide bonds. The molecule has 0 radical (unpaired) electrons. The number of carbonyl (C=O) groups is 1. The molecule has 0 saturated heterocycles. The molecular formula is C20H32BrNO2Si. The van der Waals surface area contributed by atoms with Crippen LogP contribution in [0.5, 0.6) is 0 Å². The molecule has 1 fully saturated rings. The highest BCUT2D eigenvalue weighted by atomic mass is 79.9. The zero-order valence-electron chi connectivity index (χ0n) is 16.4. The first-order chi connectivity index (χ1) is 11.4. The monoisotopic (exact) mass is 425 g/mol. The normalized spacial score (nSPS) is 24.8. The number of halogens is 1. The van der Waals surface area contributed by atoms with E-state index < -0.39 is 8.32 Å². The maximum atomic E-state index is 12.4. The van der Waals surface area contributed by atoms with Crippen LogP contribution in [-0.2, 0) is 4.43 Å². The lowest BCUT2D eigenvalue weighted by Gasteiger charge is -2.47. The highest BCUT2D eigenvalue weighted by molar-refractivity contribution is 9.10. The molecule has 2 rings (SSSR count). The lowest BCUT2D eigenvalue weighted by molar-refractivity contribution is 0.0254. The number of carbonyl (C=O) groups excluding carboxylic acids is 1. The van der Waals surface area contributed by atoms with E-state index in [1.165, 1.54) is 0 Å². The molecule has 1 saturated carbocycles. The van der Waals surface area contributed by atoms with E-state index in [1.807, 2.05) is 24.3 Å². The highest BCUT2D eigenvalue weighted by Gasteiger charge is 2.44. The maximum absolute atomic E-state index is 12.4. The Labute approximate surface area is 162 Å². The van der Waals surface area contributed by atoms with Crippen molar-refractivity contribution in [1.29, 1.82) is 0 Å². The lowest BCUT2D eigenvalue weighted by Crippen LogP contribution is -2.51. The van der Waals surface area contributed by atoms with Gasteiger partial charge >= 0.3 is 0 Å². The quantitative estimate of drug-likeness (QED) is 0.609. The summed E-state index contributed by atoms with van der Waals surface area (Å²) in [4.78, 5) is 12.4. The molecular weight excluding hydrogens is 394 g/mol. The molecule has 1 aliphatic carbocycles. The minimum absolute atomic E-state index is 0.0198.